The summed E-state index contributed by atoms with van der Waals surface area (Å²) < 4.78 is 30.9. The third-order valence-electron chi connectivity index (χ3n) is 2.10. The molecular weight excluding hydrogens is 234 g/mol. The van der Waals surface area contributed by atoms with Crippen LogP contribution in [-0.2, 0) is 19.0 Å². The van der Waals surface area contributed by atoms with Gasteiger partial charge in [0.05, 0.1) is 18.4 Å². The van der Waals surface area contributed by atoms with Crippen molar-refractivity contribution in [3.05, 3.63) is 12.7 Å². The van der Waals surface area contributed by atoms with Crippen LogP contribution in [0.2, 0.25) is 0 Å². The van der Waals surface area contributed by atoms with Gasteiger partial charge in [-0.15, -0.1) is 0 Å². The van der Waals surface area contributed by atoms with Crippen molar-refractivity contribution >= 4 is 16.2 Å². The van der Waals surface area contributed by atoms with Gasteiger partial charge in [0.25, 0.3) is 10.1 Å². The number of rotatable bonds is 6. The van der Waals surface area contributed by atoms with Crippen molar-refractivity contribution in [2.75, 3.05) is 19.5 Å². The van der Waals surface area contributed by atoms with Crippen LogP contribution < -0.4 is 5.32 Å². The maximum Gasteiger partial charge on any atom is 0.407 e. The molecule has 0 unspecified atom stereocenters. The van der Waals surface area contributed by atoms with Crippen molar-refractivity contribution in [3.8, 4) is 0 Å². The number of carbonyl (C=O) groups is 1. The smallest absolute Gasteiger partial charge is 0.407 e. The Morgan fingerprint density at radius 2 is 2.19 bits per heavy atom. The first-order valence-corrected chi connectivity index (χ1v) is 6.59. The lowest BCUT2D eigenvalue weighted by molar-refractivity contribution is 0.146. The quantitative estimate of drug-likeness (QED) is 0.544. The Morgan fingerprint density at radius 1 is 1.56 bits per heavy atom. The molecule has 1 saturated carbocycles. The van der Waals surface area contributed by atoms with E-state index in [1.165, 1.54) is 6.08 Å². The molecule has 1 aliphatic carbocycles. The van der Waals surface area contributed by atoms with Crippen LogP contribution in [0, 0.1) is 0 Å². The average Bonchev–Trinajstić information content (AvgIpc) is 2.92. The third-order valence-corrected chi connectivity index (χ3v) is 2.65. The highest BCUT2D eigenvalue weighted by molar-refractivity contribution is 7.85. The number of hydrogen-bond acceptors (Lipinski definition) is 5. The van der Waals surface area contributed by atoms with Gasteiger partial charge in [-0.05, 0) is 12.8 Å². The van der Waals surface area contributed by atoms with Crippen molar-refractivity contribution in [2.45, 2.75) is 18.4 Å². The van der Waals surface area contributed by atoms with E-state index in [1.54, 1.807) is 0 Å². The molecular formula is C9H15NO5S. The molecule has 0 saturated heterocycles. The van der Waals surface area contributed by atoms with Crippen LogP contribution in [0.5, 0.6) is 0 Å². The number of alkyl carbamates (subject to hydrolysis) is 1. The normalized spacial score (nSPS) is 17.6. The van der Waals surface area contributed by atoms with Gasteiger partial charge in [-0.25, -0.2) is 4.79 Å². The summed E-state index contributed by atoms with van der Waals surface area (Å²) in [5.74, 6) is 0. The molecule has 0 bridgehead atoms. The number of carbonyl (C=O) groups excluding carboxylic acids is 1. The monoisotopic (exact) mass is 249 g/mol. The zero-order chi connectivity index (χ0) is 12.2. The van der Waals surface area contributed by atoms with Gasteiger partial charge in [0.1, 0.15) is 6.61 Å². The molecule has 0 aliphatic heterocycles. The fourth-order valence-electron chi connectivity index (χ4n) is 1.06. The molecule has 6 nitrogen and oxygen atoms in total. The van der Waals surface area contributed by atoms with E-state index < -0.39 is 21.8 Å². The number of amides is 1. The lowest BCUT2D eigenvalue weighted by Gasteiger charge is -2.15. The second-order valence-corrected chi connectivity index (χ2v) is 5.40. The Kier molecular flexibility index (Phi) is 3.93. The highest BCUT2D eigenvalue weighted by Gasteiger charge is 2.45. The van der Waals surface area contributed by atoms with Crippen molar-refractivity contribution < 1.29 is 22.1 Å². The zero-order valence-electron chi connectivity index (χ0n) is 9.06. The van der Waals surface area contributed by atoms with Gasteiger partial charge in [0.2, 0.25) is 0 Å². The first kappa shape index (κ1) is 13.0. The molecule has 0 aromatic rings. The largest absolute Gasteiger partial charge is 0.445 e. The standard InChI is InChI=1S/C9H15NO5S/c1-3-6-14-8(11)10-9(4-5-9)7-15-16(2,12)13/h3H,1,4-7H2,2H3,(H,10,11). The molecule has 92 valence electrons. The second-order valence-electron chi connectivity index (χ2n) is 3.76. The molecule has 0 heterocycles. The third kappa shape index (κ3) is 4.63. The summed E-state index contributed by atoms with van der Waals surface area (Å²) in [4.78, 5) is 11.2. The van der Waals surface area contributed by atoms with Crippen molar-refractivity contribution in [2.24, 2.45) is 0 Å². The van der Waals surface area contributed by atoms with Gasteiger partial charge in [-0.1, -0.05) is 12.7 Å². The summed E-state index contributed by atoms with van der Waals surface area (Å²) >= 11 is 0. The van der Waals surface area contributed by atoms with E-state index in [9.17, 15) is 13.2 Å². The average molecular weight is 249 g/mol. The number of hydrogen-bond donors (Lipinski definition) is 1. The molecule has 0 aromatic carbocycles. The van der Waals surface area contributed by atoms with E-state index in [0.29, 0.717) is 12.8 Å². The summed E-state index contributed by atoms with van der Waals surface area (Å²) in [7, 11) is -3.48. The molecule has 1 N–H and O–H groups in total. The van der Waals surface area contributed by atoms with Crippen molar-refractivity contribution in [1.82, 2.24) is 5.32 Å². The minimum atomic E-state index is -3.48. The fourth-order valence-corrected chi connectivity index (χ4v) is 1.50. The van der Waals surface area contributed by atoms with E-state index in [1.807, 2.05) is 0 Å². The molecule has 1 rings (SSSR count). The Morgan fingerprint density at radius 3 is 2.62 bits per heavy atom. The lowest BCUT2D eigenvalue weighted by Crippen LogP contribution is -2.41. The van der Waals surface area contributed by atoms with E-state index in [0.717, 1.165) is 6.26 Å². The number of ether oxygens (including phenoxy) is 1. The van der Waals surface area contributed by atoms with E-state index in [-0.39, 0.29) is 13.2 Å². The predicted molar refractivity (Wildman–Crippen MR) is 57.4 cm³/mol. The molecule has 7 heteroatoms. The van der Waals surface area contributed by atoms with Gasteiger partial charge in [-0.2, -0.15) is 8.42 Å². The minimum Gasteiger partial charge on any atom is -0.445 e. The van der Waals surface area contributed by atoms with Crippen LogP contribution in [0.15, 0.2) is 12.7 Å². The Hall–Kier alpha value is -1.08. The molecule has 0 spiro atoms. The van der Waals surface area contributed by atoms with Crippen LogP contribution in [-0.4, -0.2) is 39.5 Å². The van der Waals surface area contributed by atoms with Crippen LogP contribution >= 0.6 is 0 Å². The summed E-state index contributed by atoms with van der Waals surface area (Å²) in [6.07, 6.45) is 3.21. The van der Waals surface area contributed by atoms with Crippen LogP contribution in [0.3, 0.4) is 0 Å². The topological polar surface area (TPSA) is 81.7 Å². The molecule has 1 amide bonds. The molecule has 16 heavy (non-hydrogen) atoms. The molecule has 0 radical (unpaired) electrons. The van der Waals surface area contributed by atoms with Gasteiger partial charge in [-0.3, -0.25) is 4.18 Å². The second kappa shape index (κ2) is 4.84. The van der Waals surface area contributed by atoms with E-state index in [4.69, 9.17) is 4.74 Å². The SMILES string of the molecule is C=CCOC(=O)NC1(COS(C)(=O)=O)CC1. The highest BCUT2D eigenvalue weighted by Crippen LogP contribution is 2.35. The van der Waals surface area contributed by atoms with Crippen molar-refractivity contribution in [3.63, 3.8) is 0 Å². The van der Waals surface area contributed by atoms with Gasteiger partial charge < -0.3 is 10.1 Å². The van der Waals surface area contributed by atoms with Crippen LogP contribution in [0.1, 0.15) is 12.8 Å². The summed E-state index contributed by atoms with van der Waals surface area (Å²) in [5, 5.41) is 2.58. The Bertz CT molecular complexity index is 371. The summed E-state index contributed by atoms with van der Waals surface area (Å²) in [6, 6.07) is 0. The maximum absolute atomic E-state index is 11.2. The first-order chi connectivity index (χ1) is 7.37. The number of nitrogens with one attached hydrogen (secondary N) is 1. The molecule has 1 fully saturated rings. The Labute approximate surface area is 94.7 Å². The maximum atomic E-state index is 11.2. The molecule has 0 aromatic heterocycles. The highest BCUT2D eigenvalue weighted by atomic mass is 32.2. The van der Waals surface area contributed by atoms with Gasteiger partial charge >= 0.3 is 6.09 Å². The summed E-state index contributed by atoms with van der Waals surface area (Å²) in [5.41, 5.74) is -0.582. The van der Waals surface area contributed by atoms with Gasteiger partial charge in [0, 0.05) is 0 Å². The van der Waals surface area contributed by atoms with Crippen LogP contribution in [0.25, 0.3) is 0 Å². The summed E-state index contributed by atoms with van der Waals surface area (Å²) in [6.45, 7) is 3.48. The fraction of sp³-hybridized carbons (Fsp3) is 0.667. The minimum absolute atomic E-state index is 0.0466. The Balaban J connectivity index is 2.35. The zero-order valence-corrected chi connectivity index (χ0v) is 9.88. The van der Waals surface area contributed by atoms with Gasteiger partial charge in [0.15, 0.2) is 0 Å². The molecule has 0 atom stereocenters. The van der Waals surface area contributed by atoms with E-state index >= 15 is 0 Å². The van der Waals surface area contributed by atoms with Crippen LogP contribution in [0.4, 0.5) is 4.79 Å². The van der Waals surface area contributed by atoms with Crippen molar-refractivity contribution in [1.29, 1.82) is 0 Å². The first-order valence-electron chi connectivity index (χ1n) is 4.77. The van der Waals surface area contributed by atoms with E-state index in [2.05, 4.69) is 16.1 Å². The lowest BCUT2D eigenvalue weighted by atomic mass is 10.3. The molecule has 1 aliphatic rings. The predicted octanol–water partition coefficient (Wildman–Crippen LogP) is 0.407.